The molecule has 2 aliphatic heterocycles. The molecule has 1 amide bonds. The zero-order chi connectivity index (χ0) is 13.6. The second kappa shape index (κ2) is 4.20. The Hall–Kier alpha value is -2.09. The first-order valence-electron chi connectivity index (χ1n) is 7.31. The Bertz CT molecular complexity index is 664. The van der Waals surface area contributed by atoms with Gasteiger partial charge < -0.3 is 4.90 Å². The standard InChI is InChI=1S/C18H17NO/c20-17-15-10-4-5-11-16(15)18(12-6-7-13-19(17)18)14-8-2-1-3-9-14/h1-5,8-11H,6-7,12-13H2/t18-/m1/s1. The van der Waals surface area contributed by atoms with Gasteiger partial charge in [-0.15, -0.1) is 0 Å². The van der Waals surface area contributed by atoms with Crippen LogP contribution in [-0.4, -0.2) is 17.4 Å². The van der Waals surface area contributed by atoms with Crippen LogP contribution in [0.2, 0.25) is 0 Å². The maximum absolute atomic E-state index is 12.7. The molecule has 2 aromatic carbocycles. The largest absolute Gasteiger partial charge is 0.325 e. The van der Waals surface area contributed by atoms with Gasteiger partial charge in [-0.3, -0.25) is 4.79 Å². The van der Waals surface area contributed by atoms with E-state index in [0.717, 1.165) is 24.9 Å². The minimum Gasteiger partial charge on any atom is -0.325 e. The number of piperidine rings is 1. The SMILES string of the molecule is O=C1c2ccccc2[C@]2(c3ccccc3)CCCCN12. The number of fused-ring (bicyclic) bond motifs is 3. The maximum atomic E-state index is 12.7. The topological polar surface area (TPSA) is 20.3 Å². The lowest BCUT2D eigenvalue weighted by Gasteiger charge is -2.43. The number of amides is 1. The van der Waals surface area contributed by atoms with E-state index in [1.165, 1.54) is 17.5 Å². The molecule has 100 valence electrons. The number of benzene rings is 2. The van der Waals surface area contributed by atoms with E-state index in [1.54, 1.807) is 0 Å². The van der Waals surface area contributed by atoms with Gasteiger partial charge in [0, 0.05) is 12.1 Å². The Morgan fingerprint density at radius 3 is 2.50 bits per heavy atom. The van der Waals surface area contributed by atoms with Gasteiger partial charge in [0.25, 0.3) is 5.91 Å². The zero-order valence-corrected chi connectivity index (χ0v) is 11.4. The van der Waals surface area contributed by atoms with Crippen LogP contribution in [0.3, 0.4) is 0 Å². The summed E-state index contributed by atoms with van der Waals surface area (Å²) in [6, 6.07) is 18.6. The van der Waals surface area contributed by atoms with Crippen molar-refractivity contribution in [2.24, 2.45) is 0 Å². The Morgan fingerprint density at radius 2 is 1.65 bits per heavy atom. The van der Waals surface area contributed by atoms with Crippen molar-refractivity contribution in [1.29, 1.82) is 0 Å². The summed E-state index contributed by atoms with van der Waals surface area (Å²) in [7, 11) is 0. The molecule has 0 radical (unpaired) electrons. The van der Waals surface area contributed by atoms with Crippen molar-refractivity contribution in [1.82, 2.24) is 4.90 Å². The van der Waals surface area contributed by atoms with Crippen molar-refractivity contribution in [3.05, 3.63) is 71.3 Å². The molecule has 1 saturated heterocycles. The van der Waals surface area contributed by atoms with Crippen LogP contribution in [0.4, 0.5) is 0 Å². The Kier molecular flexibility index (Phi) is 2.46. The minimum absolute atomic E-state index is 0.198. The van der Waals surface area contributed by atoms with Crippen LogP contribution in [0.15, 0.2) is 54.6 Å². The second-order valence-electron chi connectivity index (χ2n) is 5.69. The highest BCUT2D eigenvalue weighted by atomic mass is 16.2. The summed E-state index contributed by atoms with van der Waals surface area (Å²) in [5.41, 5.74) is 3.10. The quantitative estimate of drug-likeness (QED) is 0.770. The molecule has 1 atom stereocenters. The highest BCUT2D eigenvalue weighted by Crippen LogP contribution is 2.49. The summed E-state index contributed by atoms with van der Waals surface area (Å²) in [4.78, 5) is 14.8. The van der Waals surface area contributed by atoms with Gasteiger partial charge in [0.1, 0.15) is 0 Å². The van der Waals surface area contributed by atoms with Crippen LogP contribution in [-0.2, 0) is 5.54 Å². The lowest BCUT2D eigenvalue weighted by molar-refractivity contribution is 0.0521. The molecule has 0 saturated carbocycles. The first kappa shape index (κ1) is 11.7. The van der Waals surface area contributed by atoms with Crippen molar-refractivity contribution in [3.8, 4) is 0 Å². The highest BCUT2D eigenvalue weighted by Gasteiger charge is 2.51. The number of hydrogen-bond donors (Lipinski definition) is 0. The van der Waals surface area contributed by atoms with Crippen molar-refractivity contribution in [3.63, 3.8) is 0 Å². The molecule has 2 heterocycles. The van der Waals surface area contributed by atoms with Crippen molar-refractivity contribution < 1.29 is 4.79 Å². The smallest absolute Gasteiger partial charge is 0.255 e. The molecule has 2 nitrogen and oxygen atoms in total. The Labute approximate surface area is 119 Å². The predicted molar refractivity (Wildman–Crippen MR) is 78.6 cm³/mol. The molecule has 2 aliphatic rings. The Morgan fingerprint density at radius 1 is 0.900 bits per heavy atom. The summed E-state index contributed by atoms with van der Waals surface area (Å²) < 4.78 is 0. The summed E-state index contributed by atoms with van der Waals surface area (Å²) in [6.45, 7) is 0.863. The highest BCUT2D eigenvalue weighted by molar-refractivity contribution is 6.00. The first-order valence-corrected chi connectivity index (χ1v) is 7.31. The molecular weight excluding hydrogens is 246 g/mol. The van der Waals surface area contributed by atoms with Gasteiger partial charge in [0.05, 0.1) is 5.54 Å². The van der Waals surface area contributed by atoms with Crippen LogP contribution >= 0.6 is 0 Å². The molecule has 0 spiro atoms. The van der Waals surface area contributed by atoms with E-state index in [9.17, 15) is 4.79 Å². The van der Waals surface area contributed by atoms with E-state index in [0.29, 0.717) is 0 Å². The molecule has 4 rings (SSSR count). The normalized spacial score (nSPS) is 24.4. The summed E-state index contributed by atoms with van der Waals surface area (Å²) in [5.74, 6) is 0.198. The zero-order valence-electron chi connectivity index (χ0n) is 11.4. The fourth-order valence-electron chi connectivity index (χ4n) is 3.88. The lowest BCUT2D eigenvalue weighted by atomic mass is 9.77. The van der Waals surface area contributed by atoms with Gasteiger partial charge in [0.2, 0.25) is 0 Å². The third-order valence-electron chi connectivity index (χ3n) is 4.73. The molecule has 2 aromatic rings. The van der Waals surface area contributed by atoms with Gasteiger partial charge in [-0.25, -0.2) is 0 Å². The number of carbonyl (C=O) groups excluding carboxylic acids is 1. The molecule has 2 heteroatoms. The molecular formula is C18H17NO. The van der Waals surface area contributed by atoms with Gasteiger partial charge >= 0.3 is 0 Å². The average Bonchev–Trinajstić information content (AvgIpc) is 2.80. The Balaban J connectivity index is 2.01. The summed E-state index contributed by atoms with van der Waals surface area (Å²) in [6.07, 6.45) is 3.31. The van der Waals surface area contributed by atoms with Crippen molar-refractivity contribution in [2.75, 3.05) is 6.54 Å². The monoisotopic (exact) mass is 263 g/mol. The third-order valence-corrected chi connectivity index (χ3v) is 4.73. The molecule has 0 aromatic heterocycles. The van der Waals surface area contributed by atoms with E-state index in [4.69, 9.17) is 0 Å². The predicted octanol–water partition coefficient (Wildman–Crippen LogP) is 3.57. The fraction of sp³-hybridized carbons (Fsp3) is 0.278. The van der Waals surface area contributed by atoms with E-state index in [1.807, 2.05) is 18.2 Å². The van der Waals surface area contributed by atoms with Crippen molar-refractivity contribution in [2.45, 2.75) is 24.8 Å². The summed E-state index contributed by atoms with van der Waals surface area (Å²) in [5, 5.41) is 0. The number of rotatable bonds is 1. The number of carbonyl (C=O) groups is 1. The number of nitrogens with zero attached hydrogens (tertiary/aromatic N) is 1. The van der Waals surface area contributed by atoms with Gasteiger partial charge in [-0.1, -0.05) is 48.5 Å². The van der Waals surface area contributed by atoms with E-state index >= 15 is 0 Å². The van der Waals surface area contributed by atoms with Crippen LogP contribution < -0.4 is 0 Å². The summed E-state index contributed by atoms with van der Waals surface area (Å²) >= 11 is 0. The van der Waals surface area contributed by atoms with Crippen LogP contribution in [0.1, 0.15) is 40.7 Å². The van der Waals surface area contributed by atoms with Crippen LogP contribution in [0, 0.1) is 0 Å². The van der Waals surface area contributed by atoms with E-state index < -0.39 is 0 Å². The first-order chi connectivity index (χ1) is 9.84. The van der Waals surface area contributed by atoms with E-state index in [2.05, 4.69) is 41.3 Å². The molecule has 0 aliphatic carbocycles. The average molecular weight is 263 g/mol. The lowest BCUT2D eigenvalue weighted by Crippen LogP contribution is -2.47. The van der Waals surface area contributed by atoms with Gasteiger partial charge in [-0.05, 0) is 36.5 Å². The second-order valence-corrected chi connectivity index (χ2v) is 5.69. The molecule has 0 bridgehead atoms. The van der Waals surface area contributed by atoms with Crippen LogP contribution in [0.25, 0.3) is 0 Å². The minimum atomic E-state index is -0.229. The van der Waals surface area contributed by atoms with Gasteiger partial charge in [0.15, 0.2) is 0 Å². The third kappa shape index (κ3) is 1.36. The molecule has 20 heavy (non-hydrogen) atoms. The number of hydrogen-bond acceptors (Lipinski definition) is 1. The maximum Gasteiger partial charge on any atom is 0.255 e. The van der Waals surface area contributed by atoms with E-state index in [-0.39, 0.29) is 11.4 Å². The molecule has 1 fully saturated rings. The van der Waals surface area contributed by atoms with Crippen LogP contribution in [0.5, 0.6) is 0 Å². The molecule has 0 unspecified atom stereocenters. The fourth-order valence-corrected chi connectivity index (χ4v) is 3.88. The molecule has 0 N–H and O–H groups in total. The van der Waals surface area contributed by atoms with Gasteiger partial charge in [-0.2, -0.15) is 0 Å². The van der Waals surface area contributed by atoms with Crippen molar-refractivity contribution >= 4 is 5.91 Å².